The molecule has 0 spiro atoms. The molecule has 0 bridgehead atoms. The van der Waals surface area contributed by atoms with Crippen LogP contribution in [0.15, 0.2) is 164 Å². The summed E-state index contributed by atoms with van der Waals surface area (Å²) in [7, 11) is 0. The van der Waals surface area contributed by atoms with Crippen LogP contribution in [0, 0.1) is 13.5 Å². The highest BCUT2D eigenvalue weighted by atomic mass is 15.0. The minimum Gasteiger partial charge on any atom is -0.309 e. The first-order chi connectivity index (χ1) is 24.6. The summed E-state index contributed by atoms with van der Waals surface area (Å²) >= 11 is 0. The number of hydrogen-bond acceptors (Lipinski definition) is 0. The van der Waals surface area contributed by atoms with Gasteiger partial charge in [0.15, 0.2) is 5.69 Å². The summed E-state index contributed by atoms with van der Waals surface area (Å²) in [6.45, 7) is 9.40. The molecule has 10 aromatic rings. The molecule has 0 unspecified atom stereocenters. The minimum atomic E-state index is 0.661. The second-order valence-corrected chi connectivity index (χ2v) is 13.3. The van der Waals surface area contributed by atoms with E-state index in [1.807, 2.05) is 24.3 Å². The van der Waals surface area contributed by atoms with Gasteiger partial charge in [-0.1, -0.05) is 127 Å². The fraction of sp³-hybridized carbons (Fsp3) is 0.0208. The Morgan fingerprint density at radius 3 is 1.70 bits per heavy atom. The largest absolute Gasteiger partial charge is 0.309 e. The van der Waals surface area contributed by atoms with Crippen molar-refractivity contribution in [2.24, 2.45) is 0 Å². The predicted molar refractivity (Wildman–Crippen MR) is 213 cm³/mol. The summed E-state index contributed by atoms with van der Waals surface area (Å²) in [6.07, 6.45) is 0. The van der Waals surface area contributed by atoms with E-state index in [0.29, 0.717) is 5.69 Å². The summed E-state index contributed by atoms with van der Waals surface area (Å²) in [4.78, 5) is 3.53. The number of para-hydroxylation sites is 1. The average molecular weight is 635 g/mol. The van der Waals surface area contributed by atoms with Crippen molar-refractivity contribution in [2.45, 2.75) is 6.92 Å². The molecule has 50 heavy (non-hydrogen) atoms. The maximum absolute atomic E-state index is 7.26. The third kappa shape index (κ3) is 4.27. The molecule has 0 fully saturated rings. The smallest absolute Gasteiger partial charge is 0.187 e. The van der Waals surface area contributed by atoms with Gasteiger partial charge in [-0.15, -0.1) is 0 Å². The van der Waals surface area contributed by atoms with Gasteiger partial charge in [0.2, 0.25) is 0 Å². The fourth-order valence-corrected chi connectivity index (χ4v) is 7.99. The molecule has 0 aliphatic carbocycles. The number of aryl methyl sites for hydroxylation is 1. The van der Waals surface area contributed by atoms with Crippen LogP contribution in [0.5, 0.6) is 0 Å². The molecule has 0 aliphatic heterocycles. The minimum absolute atomic E-state index is 0.661. The van der Waals surface area contributed by atoms with Crippen LogP contribution in [0.2, 0.25) is 0 Å². The van der Waals surface area contributed by atoms with Gasteiger partial charge < -0.3 is 4.57 Å². The molecule has 0 aliphatic rings. The summed E-state index contributed by atoms with van der Waals surface area (Å²) in [5.41, 5.74) is 10.2. The zero-order valence-corrected chi connectivity index (χ0v) is 27.5. The van der Waals surface area contributed by atoms with Crippen LogP contribution in [0.25, 0.3) is 97.7 Å². The van der Waals surface area contributed by atoms with E-state index >= 15 is 0 Å². The third-order valence-corrected chi connectivity index (χ3v) is 10.4. The Morgan fingerprint density at radius 2 is 0.980 bits per heavy atom. The topological polar surface area (TPSA) is 9.29 Å². The lowest BCUT2D eigenvalue weighted by atomic mass is 9.89. The Labute approximate surface area is 289 Å². The van der Waals surface area contributed by atoms with Crippen molar-refractivity contribution in [1.29, 1.82) is 0 Å². The van der Waals surface area contributed by atoms with Crippen LogP contribution in [0.1, 0.15) is 5.56 Å². The van der Waals surface area contributed by atoms with Crippen LogP contribution >= 0.6 is 0 Å². The van der Waals surface area contributed by atoms with Gasteiger partial charge in [-0.2, -0.15) is 0 Å². The Kier molecular flexibility index (Phi) is 6.19. The SMILES string of the molecule is [C-]#[N+]c1ccc(-c2ccc3cc(-c4ccc5c(c4)c4ccccc4c4ccc6c(c7ccccc7n6-c6ccc(C)cc6)c45)ccc3c2)cc1. The quantitative estimate of drug-likeness (QED) is 0.135. The Morgan fingerprint density at radius 1 is 0.420 bits per heavy atom. The zero-order valence-electron chi connectivity index (χ0n) is 27.5. The molecular formula is C48H30N2. The van der Waals surface area contributed by atoms with E-state index in [2.05, 4.69) is 156 Å². The highest BCUT2D eigenvalue weighted by Crippen LogP contribution is 2.44. The lowest BCUT2D eigenvalue weighted by Crippen LogP contribution is -1.93. The second-order valence-electron chi connectivity index (χ2n) is 13.3. The van der Waals surface area contributed by atoms with E-state index in [-0.39, 0.29) is 0 Å². The Balaban J connectivity index is 1.19. The van der Waals surface area contributed by atoms with Gasteiger partial charge >= 0.3 is 0 Å². The third-order valence-electron chi connectivity index (χ3n) is 10.4. The lowest BCUT2D eigenvalue weighted by molar-refractivity contribution is 1.18. The van der Waals surface area contributed by atoms with E-state index in [9.17, 15) is 0 Å². The number of nitrogens with zero attached hydrogens (tertiary/aromatic N) is 2. The maximum Gasteiger partial charge on any atom is 0.187 e. The molecule has 0 saturated heterocycles. The van der Waals surface area contributed by atoms with Crippen molar-refractivity contribution >= 4 is 70.6 Å². The fourth-order valence-electron chi connectivity index (χ4n) is 7.99. The highest BCUT2D eigenvalue weighted by Gasteiger charge is 2.19. The molecular weight excluding hydrogens is 605 g/mol. The van der Waals surface area contributed by atoms with E-state index in [1.165, 1.54) is 87.3 Å². The van der Waals surface area contributed by atoms with E-state index < -0.39 is 0 Å². The highest BCUT2D eigenvalue weighted by molar-refractivity contribution is 6.35. The molecule has 1 heterocycles. The van der Waals surface area contributed by atoms with Crippen LogP contribution in [0.3, 0.4) is 0 Å². The summed E-state index contributed by atoms with van der Waals surface area (Å²) in [6, 6.07) is 59.5. The van der Waals surface area contributed by atoms with Crippen LogP contribution in [-0.2, 0) is 0 Å². The molecule has 0 amide bonds. The predicted octanol–water partition coefficient (Wildman–Crippen LogP) is 13.6. The van der Waals surface area contributed by atoms with Crippen LogP contribution < -0.4 is 0 Å². The van der Waals surface area contributed by atoms with Gasteiger partial charge in [0.1, 0.15) is 0 Å². The number of fused-ring (bicyclic) bond motifs is 11. The number of aromatic nitrogens is 1. The van der Waals surface area contributed by atoms with Crippen molar-refractivity contribution in [1.82, 2.24) is 4.57 Å². The summed E-state index contributed by atoms with van der Waals surface area (Å²) in [5, 5.41) is 12.6. The van der Waals surface area contributed by atoms with Crippen LogP contribution in [0.4, 0.5) is 5.69 Å². The Hall–Kier alpha value is -6.69. The summed E-state index contributed by atoms with van der Waals surface area (Å²) < 4.78 is 2.42. The standard InChI is InChI=1S/C48H30N2/c1-30-11-22-38(23-12-30)50-45-10-6-5-9-43(45)48-46(50)26-25-41-39-7-3-4-8-40(39)44-29-36(19-24-42(44)47(41)48)35-16-15-33-27-32(13-14-34(33)28-35)31-17-20-37(49-2)21-18-31/h3-29H,1H3. The molecule has 1 aromatic heterocycles. The molecule has 2 nitrogen and oxygen atoms in total. The molecule has 9 aromatic carbocycles. The van der Waals surface area contributed by atoms with Crippen molar-refractivity contribution in [2.75, 3.05) is 0 Å². The molecule has 2 heteroatoms. The first-order valence-corrected chi connectivity index (χ1v) is 17.0. The number of rotatable bonds is 3. The normalized spacial score (nSPS) is 11.7. The van der Waals surface area contributed by atoms with Crippen molar-refractivity contribution in [3.63, 3.8) is 0 Å². The van der Waals surface area contributed by atoms with Gasteiger partial charge in [-0.3, -0.25) is 0 Å². The average Bonchev–Trinajstić information content (AvgIpc) is 3.52. The van der Waals surface area contributed by atoms with Crippen molar-refractivity contribution < 1.29 is 0 Å². The van der Waals surface area contributed by atoms with Gasteiger partial charge in [-0.05, 0) is 109 Å². The molecule has 0 atom stereocenters. The molecule has 0 saturated carbocycles. The lowest BCUT2D eigenvalue weighted by Gasteiger charge is -2.14. The first kappa shape index (κ1) is 28.3. The Bertz CT molecular complexity index is 3030. The van der Waals surface area contributed by atoms with Gasteiger partial charge in [0.05, 0.1) is 17.6 Å². The number of benzene rings is 9. The van der Waals surface area contributed by atoms with Crippen LogP contribution in [-0.4, -0.2) is 4.57 Å². The van der Waals surface area contributed by atoms with Crippen molar-refractivity contribution in [3.05, 3.63) is 181 Å². The van der Waals surface area contributed by atoms with Gasteiger partial charge in [-0.25, -0.2) is 4.85 Å². The van der Waals surface area contributed by atoms with E-state index in [1.54, 1.807) is 0 Å². The first-order valence-electron chi connectivity index (χ1n) is 17.0. The monoisotopic (exact) mass is 634 g/mol. The maximum atomic E-state index is 7.26. The summed E-state index contributed by atoms with van der Waals surface area (Å²) in [5.74, 6) is 0. The molecule has 232 valence electrons. The molecule has 0 N–H and O–H groups in total. The van der Waals surface area contributed by atoms with Crippen molar-refractivity contribution in [3.8, 4) is 27.9 Å². The second kappa shape index (κ2) is 10.9. The zero-order chi connectivity index (χ0) is 33.3. The number of hydrogen-bond donors (Lipinski definition) is 0. The molecule has 10 rings (SSSR count). The van der Waals surface area contributed by atoms with E-state index in [4.69, 9.17) is 6.57 Å². The molecule has 0 radical (unpaired) electrons. The van der Waals surface area contributed by atoms with E-state index in [0.717, 1.165) is 11.1 Å². The van der Waals surface area contributed by atoms with Gasteiger partial charge in [0, 0.05) is 21.8 Å². The van der Waals surface area contributed by atoms with Gasteiger partial charge in [0.25, 0.3) is 0 Å².